The molecule has 2 amide bonds. The summed E-state index contributed by atoms with van der Waals surface area (Å²) in [5.74, 6) is -2.31. The number of imide groups is 1. The van der Waals surface area contributed by atoms with E-state index in [1.807, 2.05) is 12.2 Å². The second-order valence-corrected chi connectivity index (χ2v) is 9.45. The van der Waals surface area contributed by atoms with Crippen molar-refractivity contribution in [3.63, 3.8) is 0 Å². The van der Waals surface area contributed by atoms with Crippen LogP contribution in [0.1, 0.15) is 37.7 Å². The number of carbonyl (C=O) groups excluding carboxylic acids is 5. The Balaban J connectivity index is 1.04. The Morgan fingerprint density at radius 2 is 1.45 bits per heavy atom. The SMILES string of the molecule is O=C(COC(=O)c1ccc(N2C(=O)[C@H]3[C@H](C2=O)[C@H]2C=C[C@H]3C2)cc1)c1ccc(OC(=O)c2ccco2)cc1. The molecule has 2 fully saturated rings. The van der Waals surface area contributed by atoms with Crippen molar-refractivity contribution in [2.45, 2.75) is 6.42 Å². The zero-order valence-electron chi connectivity index (χ0n) is 19.9. The summed E-state index contributed by atoms with van der Waals surface area (Å²) in [6.07, 6.45) is 6.28. The Bertz CT molecular complexity index is 1440. The lowest BCUT2D eigenvalue weighted by Gasteiger charge is -2.17. The first-order valence-electron chi connectivity index (χ1n) is 12.1. The number of nitrogens with zero attached hydrogens (tertiary/aromatic N) is 1. The number of furan rings is 1. The van der Waals surface area contributed by atoms with Gasteiger partial charge in [0.25, 0.3) is 0 Å². The molecule has 2 aromatic carbocycles. The highest BCUT2D eigenvalue weighted by atomic mass is 16.5. The Kier molecular flexibility index (Phi) is 5.75. The number of benzene rings is 2. The van der Waals surface area contributed by atoms with E-state index in [2.05, 4.69) is 0 Å². The van der Waals surface area contributed by atoms with Crippen LogP contribution in [0.15, 0.2) is 83.5 Å². The van der Waals surface area contributed by atoms with Gasteiger partial charge in [0.15, 0.2) is 12.4 Å². The topological polar surface area (TPSA) is 120 Å². The van der Waals surface area contributed by atoms with Crippen LogP contribution in [0.25, 0.3) is 0 Å². The molecule has 9 nitrogen and oxygen atoms in total. The summed E-state index contributed by atoms with van der Waals surface area (Å²) in [5, 5.41) is 0. The zero-order valence-corrected chi connectivity index (χ0v) is 19.9. The first kappa shape index (κ1) is 23.6. The normalized spacial score (nSPS) is 23.0. The molecule has 1 aliphatic heterocycles. The fourth-order valence-corrected chi connectivity index (χ4v) is 5.46. The number of carbonyl (C=O) groups is 5. The molecular formula is C29H21NO8. The molecule has 4 atom stereocenters. The van der Waals surface area contributed by atoms with Crippen LogP contribution in [0, 0.1) is 23.7 Å². The van der Waals surface area contributed by atoms with Crippen molar-refractivity contribution in [2.75, 3.05) is 11.5 Å². The number of hydrogen-bond acceptors (Lipinski definition) is 8. The molecule has 9 heteroatoms. The summed E-state index contributed by atoms with van der Waals surface area (Å²) < 4.78 is 15.3. The molecule has 190 valence electrons. The molecule has 2 heterocycles. The molecular weight excluding hydrogens is 490 g/mol. The van der Waals surface area contributed by atoms with Crippen LogP contribution in [0.2, 0.25) is 0 Å². The minimum atomic E-state index is -0.716. The molecule has 0 spiro atoms. The molecule has 0 radical (unpaired) electrons. The lowest BCUT2D eigenvalue weighted by molar-refractivity contribution is -0.123. The zero-order chi connectivity index (χ0) is 26.4. The van der Waals surface area contributed by atoms with Crippen LogP contribution < -0.4 is 9.64 Å². The number of ether oxygens (including phenoxy) is 2. The van der Waals surface area contributed by atoms with Crippen LogP contribution in [0.3, 0.4) is 0 Å². The van der Waals surface area contributed by atoms with E-state index in [0.29, 0.717) is 5.69 Å². The highest BCUT2D eigenvalue weighted by Gasteiger charge is 2.59. The molecule has 1 saturated carbocycles. The smallest absolute Gasteiger partial charge is 0.379 e. The highest BCUT2D eigenvalue weighted by Crippen LogP contribution is 2.53. The highest BCUT2D eigenvalue weighted by molar-refractivity contribution is 6.22. The van der Waals surface area contributed by atoms with Gasteiger partial charge in [-0.3, -0.25) is 19.3 Å². The molecule has 3 aromatic rings. The largest absolute Gasteiger partial charge is 0.457 e. The van der Waals surface area contributed by atoms with E-state index in [0.717, 1.165) is 6.42 Å². The number of anilines is 1. The van der Waals surface area contributed by atoms with Crippen molar-refractivity contribution in [1.82, 2.24) is 0 Å². The number of esters is 2. The lowest BCUT2D eigenvalue weighted by Crippen LogP contribution is -2.32. The maximum Gasteiger partial charge on any atom is 0.379 e. The van der Waals surface area contributed by atoms with E-state index >= 15 is 0 Å². The van der Waals surface area contributed by atoms with Crippen molar-refractivity contribution >= 4 is 35.2 Å². The van der Waals surface area contributed by atoms with Gasteiger partial charge in [-0.1, -0.05) is 12.2 Å². The Hall–Kier alpha value is -4.79. The van der Waals surface area contributed by atoms with E-state index < -0.39 is 24.3 Å². The summed E-state index contributed by atoms with van der Waals surface area (Å²) in [7, 11) is 0. The minimum Gasteiger partial charge on any atom is -0.457 e. The van der Waals surface area contributed by atoms with Crippen molar-refractivity contribution < 1.29 is 37.9 Å². The van der Waals surface area contributed by atoms with E-state index in [1.54, 1.807) is 6.07 Å². The Morgan fingerprint density at radius 1 is 0.816 bits per heavy atom. The average molecular weight is 511 g/mol. The summed E-state index contributed by atoms with van der Waals surface area (Å²) in [6, 6.07) is 14.8. The molecule has 1 aromatic heterocycles. The minimum absolute atomic E-state index is 0.0514. The fraction of sp³-hybridized carbons (Fsp3) is 0.207. The van der Waals surface area contributed by atoms with Crippen molar-refractivity contribution in [1.29, 1.82) is 0 Å². The summed E-state index contributed by atoms with van der Waals surface area (Å²) in [5.41, 5.74) is 0.864. The van der Waals surface area contributed by atoms with Crippen LogP contribution >= 0.6 is 0 Å². The number of Topliss-reactive ketones (excluding diaryl/α,β-unsaturated/α-hetero) is 1. The van der Waals surface area contributed by atoms with Gasteiger partial charge in [-0.25, -0.2) is 9.59 Å². The van der Waals surface area contributed by atoms with Gasteiger partial charge >= 0.3 is 11.9 Å². The van der Waals surface area contributed by atoms with Gasteiger partial charge in [-0.15, -0.1) is 0 Å². The number of ketones is 1. The van der Waals surface area contributed by atoms with Crippen LogP contribution in [0.5, 0.6) is 5.75 Å². The van der Waals surface area contributed by atoms with Gasteiger partial charge in [0, 0.05) is 5.56 Å². The molecule has 0 N–H and O–H groups in total. The molecule has 1 saturated heterocycles. The quantitative estimate of drug-likeness (QED) is 0.154. The van der Waals surface area contributed by atoms with Gasteiger partial charge in [0.1, 0.15) is 5.75 Å². The standard InChI is InChI=1S/C29H21NO8/c31-22(16-7-11-21(12-8-16)38-29(35)23-2-1-13-36-23)15-37-28(34)17-5-9-20(10-6-17)30-26(32)24-18-3-4-19(14-18)25(24)27(30)33/h1-13,18-19,24-25H,14-15H2/t18-,19-,24+,25+/m0/s1. The van der Waals surface area contributed by atoms with Crippen LogP contribution in [-0.2, 0) is 14.3 Å². The maximum absolute atomic E-state index is 13.0. The van der Waals surface area contributed by atoms with Gasteiger partial charge < -0.3 is 13.9 Å². The van der Waals surface area contributed by atoms with Crippen molar-refractivity contribution in [2.24, 2.45) is 23.7 Å². The molecule has 3 aliphatic rings. The second-order valence-electron chi connectivity index (χ2n) is 9.45. The summed E-state index contributed by atoms with van der Waals surface area (Å²) >= 11 is 0. The summed E-state index contributed by atoms with van der Waals surface area (Å²) in [6.45, 7) is -0.492. The maximum atomic E-state index is 13.0. The molecule has 2 bridgehead atoms. The third-order valence-corrected chi connectivity index (χ3v) is 7.28. The Labute approximate surface area is 216 Å². The Morgan fingerprint density at radius 3 is 2.05 bits per heavy atom. The van der Waals surface area contributed by atoms with E-state index in [9.17, 15) is 24.0 Å². The van der Waals surface area contributed by atoms with Crippen LogP contribution in [0.4, 0.5) is 5.69 Å². The predicted octanol–water partition coefficient (Wildman–Crippen LogP) is 3.85. The molecule has 6 rings (SSSR count). The average Bonchev–Trinajstić information content (AvgIpc) is 3.73. The van der Waals surface area contributed by atoms with Gasteiger partial charge in [0.2, 0.25) is 17.6 Å². The van der Waals surface area contributed by atoms with Gasteiger partial charge in [-0.2, -0.15) is 0 Å². The number of allylic oxidation sites excluding steroid dienone is 2. The van der Waals surface area contributed by atoms with Crippen molar-refractivity contribution in [3.05, 3.63) is 96.0 Å². The van der Waals surface area contributed by atoms with E-state index in [4.69, 9.17) is 13.9 Å². The first-order valence-corrected chi connectivity index (χ1v) is 12.1. The summed E-state index contributed by atoms with van der Waals surface area (Å²) in [4.78, 5) is 64.0. The van der Waals surface area contributed by atoms with Gasteiger partial charge in [-0.05, 0) is 78.9 Å². The number of amides is 2. The third kappa shape index (κ3) is 4.02. The number of rotatable bonds is 7. The fourth-order valence-electron chi connectivity index (χ4n) is 5.46. The monoisotopic (exact) mass is 511 g/mol. The second kappa shape index (κ2) is 9.26. The number of fused-ring (bicyclic) bond motifs is 5. The predicted molar refractivity (Wildman–Crippen MR) is 131 cm³/mol. The first-order chi connectivity index (χ1) is 18.4. The van der Waals surface area contributed by atoms with Crippen molar-refractivity contribution in [3.8, 4) is 5.75 Å². The third-order valence-electron chi connectivity index (χ3n) is 7.28. The molecule has 38 heavy (non-hydrogen) atoms. The van der Waals surface area contributed by atoms with Gasteiger partial charge in [0.05, 0.1) is 29.3 Å². The molecule has 2 aliphatic carbocycles. The lowest BCUT2D eigenvalue weighted by atomic mass is 9.85. The van der Waals surface area contributed by atoms with E-state index in [1.165, 1.54) is 65.8 Å². The van der Waals surface area contributed by atoms with E-state index in [-0.39, 0.29) is 58.1 Å². The molecule has 0 unspecified atom stereocenters. The van der Waals surface area contributed by atoms with Crippen LogP contribution in [-0.4, -0.2) is 36.1 Å². The number of hydrogen-bond donors (Lipinski definition) is 0.